The predicted octanol–water partition coefficient (Wildman–Crippen LogP) is 2.94. The van der Waals surface area contributed by atoms with Crippen LogP contribution in [0.25, 0.3) is 0 Å². The van der Waals surface area contributed by atoms with Crippen LogP contribution in [0.2, 0.25) is 0 Å². The summed E-state index contributed by atoms with van der Waals surface area (Å²) in [4.78, 5) is 8.74. The summed E-state index contributed by atoms with van der Waals surface area (Å²) in [6.45, 7) is 2.91. The zero-order chi connectivity index (χ0) is 13.1. The van der Waals surface area contributed by atoms with Gasteiger partial charge in [-0.15, -0.1) is 0 Å². The minimum absolute atomic E-state index is 0.152. The monoisotopic (exact) mass is 261 g/mol. The fraction of sp³-hybridized carbons (Fsp3) is 0.733. The van der Waals surface area contributed by atoms with Crippen LogP contribution in [-0.2, 0) is 11.2 Å². The van der Waals surface area contributed by atoms with Gasteiger partial charge >= 0.3 is 0 Å². The molecule has 2 aliphatic rings. The predicted molar refractivity (Wildman–Crippen MR) is 75.2 cm³/mol. The molecule has 0 radical (unpaired) electrons. The molecule has 1 aromatic rings. The van der Waals surface area contributed by atoms with Crippen LogP contribution in [0.5, 0.6) is 0 Å². The van der Waals surface area contributed by atoms with E-state index in [-0.39, 0.29) is 5.60 Å². The topological polar surface area (TPSA) is 47.0 Å². The van der Waals surface area contributed by atoms with Crippen molar-refractivity contribution in [3.63, 3.8) is 0 Å². The van der Waals surface area contributed by atoms with E-state index in [2.05, 4.69) is 22.2 Å². The number of nitrogens with zero attached hydrogens (tertiary/aromatic N) is 2. The van der Waals surface area contributed by atoms with Crippen LogP contribution >= 0.6 is 0 Å². The molecule has 104 valence electrons. The van der Waals surface area contributed by atoms with E-state index in [0.29, 0.717) is 6.04 Å². The fourth-order valence-corrected chi connectivity index (χ4v) is 3.28. The van der Waals surface area contributed by atoms with Gasteiger partial charge in [0.05, 0.1) is 18.2 Å². The summed E-state index contributed by atoms with van der Waals surface area (Å²) in [7, 11) is 0. The summed E-state index contributed by atoms with van der Waals surface area (Å²) < 4.78 is 6.09. The van der Waals surface area contributed by atoms with Crippen molar-refractivity contribution in [1.29, 1.82) is 0 Å². The molecule has 0 amide bonds. The van der Waals surface area contributed by atoms with Gasteiger partial charge in [0.1, 0.15) is 0 Å². The zero-order valence-corrected chi connectivity index (χ0v) is 11.7. The number of nitrogens with one attached hydrogen (secondary N) is 1. The molecule has 4 heteroatoms. The molecule has 1 atom stereocenters. The van der Waals surface area contributed by atoms with Crippen molar-refractivity contribution in [3.05, 3.63) is 18.0 Å². The summed E-state index contributed by atoms with van der Waals surface area (Å²) in [5.41, 5.74) is 1.33. The van der Waals surface area contributed by atoms with E-state index >= 15 is 0 Å². The smallest absolute Gasteiger partial charge is 0.222 e. The Bertz CT molecular complexity index is 412. The second-order valence-corrected chi connectivity index (χ2v) is 5.87. The largest absolute Gasteiger partial charge is 0.373 e. The molecule has 1 aromatic heterocycles. The molecule has 1 unspecified atom stereocenters. The van der Waals surface area contributed by atoms with Crippen molar-refractivity contribution in [1.82, 2.24) is 9.97 Å². The van der Waals surface area contributed by atoms with Gasteiger partial charge in [0.25, 0.3) is 0 Å². The molecule has 1 aliphatic heterocycles. The molecular weight excluding hydrogens is 238 g/mol. The van der Waals surface area contributed by atoms with E-state index in [0.717, 1.165) is 25.4 Å². The van der Waals surface area contributed by atoms with Gasteiger partial charge < -0.3 is 10.1 Å². The van der Waals surface area contributed by atoms with E-state index in [1.54, 1.807) is 0 Å². The number of hydrogen-bond donors (Lipinski definition) is 1. The van der Waals surface area contributed by atoms with Crippen LogP contribution in [0.3, 0.4) is 0 Å². The first-order chi connectivity index (χ1) is 9.30. The summed E-state index contributed by atoms with van der Waals surface area (Å²) >= 11 is 0. The summed E-state index contributed by atoms with van der Waals surface area (Å²) in [6.07, 6.45) is 12.3. The lowest BCUT2D eigenvalue weighted by atomic mass is 9.82. The van der Waals surface area contributed by atoms with E-state index < -0.39 is 0 Å². The molecule has 1 saturated heterocycles. The molecule has 2 fully saturated rings. The molecule has 1 spiro atoms. The summed E-state index contributed by atoms with van der Waals surface area (Å²) in [5.74, 6) is 0.735. The maximum absolute atomic E-state index is 6.09. The van der Waals surface area contributed by atoms with Crippen LogP contribution in [0, 0.1) is 0 Å². The minimum Gasteiger partial charge on any atom is -0.373 e. The Kier molecular flexibility index (Phi) is 3.69. The van der Waals surface area contributed by atoms with Gasteiger partial charge in [-0.1, -0.05) is 26.2 Å². The Labute approximate surface area is 115 Å². The SMILES string of the molecule is CCc1cnc(NC2COC3(CCCCC3)C2)nc1. The first kappa shape index (κ1) is 12.9. The molecular formula is C15H23N3O. The third-order valence-electron chi connectivity index (χ3n) is 4.42. The maximum Gasteiger partial charge on any atom is 0.222 e. The number of hydrogen-bond acceptors (Lipinski definition) is 4. The van der Waals surface area contributed by atoms with E-state index in [9.17, 15) is 0 Å². The van der Waals surface area contributed by atoms with Crippen molar-refractivity contribution in [2.45, 2.75) is 63.5 Å². The zero-order valence-electron chi connectivity index (χ0n) is 11.7. The number of anilines is 1. The van der Waals surface area contributed by atoms with Gasteiger partial charge in [0.15, 0.2) is 0 Å². The lowest BCUT2D eigenvalue weighted by Gasteiger charge is -2.32. The fourth-order valence-electron chi connectivity index (χ4n) is 3.28. The third kappa shape index (κ3) is 2.89. The first-order valence-electron chi connectivity index (χ1n) is 7.51. The molecule has 0 aromatic carbocycles. The molecule has 1 N–H and O–H groups in total. The highest BCUT2D eigenvalue weighted by molar-refractivity contribution is 5.27. The highest BCUT2D eigenvalue weighted by Gasteiger charge is 2.41. The van der Waals surface area contributed by atoms with E-state index in [1.165, 1.54) is 37.7 Å². The standard InChI is InChI=1S/C15H23N3O/c1-2-12-9-16-14(17-10-12)18-13-8-15(19-11-13)6-4-3-5-7-15/h9-10,13H,2-8,11H2,1H3,(H,16,17,18). The maximum atomic E-state index is 6.09. The van der Waals surface area contributed by atoms with Gasteiger partial charge in [0, 0.05) is 12.4 Å². The van der Waals surface area contributed by atoms with Crippen LogP contribution in [0.4, 0.5) is 5.95 Å². The van der Waals surface area contributed by atoms with Gasteiger partial charge in [-0.2, -0.15) is 0 Å². The Morgan fingerprint density at radius 3 is 2.68 bits per heavy atom. The van der Waals surface area contributed by atoms with E-state index in [4.69, 9.17) is 4.74 Å². The Balaban J connectivity index is 1.58. The van der Waals surface area contributed by atoms with Crippen LogP contribution in [-0.4, -0.2) is 28.2 Å². The number of aromatic nitrogens is 2. The molecule has 0 bridgehead atoms. The number of rotatable bonds is 3. The molecule has 1 aliphatic carbocycles. The van der Waals surface area contributed by atoms with Crippen LogP contribution < -0.4 is 5.32 Å². The molecule has 2 heterocycles. The Morgan fingerprint density at radius 1 is 1.26 bits per heavy atom. The summed E-state index contributed by atoms with van der Waals surface area (Å²) in [6, 6.07) is 0.366. The van der Waals surface area contributed by atoms with Gasteiger partial charge in [-0.3, -0.25) is 0 Å². The van der Waals surface area contributed by atoms with Gasteiger partial charge in [-0.25, -0.2) is 9.97 Å². The first-order valence-corrected chi connectivity index (χ1v) is 7.51. The average molecular weight is 261 g/mol. The van der Waals surface area contributed by atoms with Gasteiger partial charge in [-0.05, 0) is 31.2 Å². The second-order valence-electron chi connectivity index (χ2n) is 5.87. The lowest BCUT2D eigenvalue weighted by molar-refractivity contribution is -0.0244. The van der Waals surface area contributed by atoms with Crippen molar-refractivity contribution >= 4 is 5.95 Å². The van der Waals surface area contributed by atoms with Crippen molar-refractivity contribution in [3.8, 4) is 0 Å². The molecule has 3 rings (SSSR count). The van der Waals surface area contributed by atoms with Crippen molar-refractivity contribution in [2.24, 2.45) is 0 Å². The Hall–Kier alpha value is -1.16. The normalized spacial score (nSPS) is 25.6. The number of aryl methyl sites for hydroxylation is 1. The highest BCUT2D eigenvalue weighted by Crippen LogP contribution is 2.39. The quantitative estimate of drug-likeness (QED) is 0.908. The van der Waals surface area contributed by atoms with Gasteiger partial charge in [0.2, 0.25) is 5.95 Å². The number of ether oxygens (including phenoxy) is 1. The van der Waals surface area contributed by atoms with E-state index in [1.807, 2.05) is 12.4 Å². The van der Waals surface area contributed by atoms with Crippen molar-refractivity contribution in [2.75, 3.05) is 11.9 Å². The third-order valence-corrected chi connectivity index (χ3v) is 4.42. The highest BCUT2D eigenvalue weighted by atomic mass is 16.5. The lowest BCUT2D eigenvalue weighted by Crippen LogP contribution is -2.31. The summed E-state index contributed by atoms with van der Waals surface area (Å²) in [5, 5.41) is 3.42. The molecule has 19 heavy (non-hydrogen) atoms. The molecule has 4 nitrogen and oxygen atoms in total. The second kappa shape index (κ2) is 5.45. The van der Waals surface area contributed by atoms with Crippen molar-refractivity contribution < 1.29 is 4.74 Å². The van der Waals surface area contributed by atoms with Crippen LogP contribution in [0.1, 0.15) is 51.0 Å². The van der Waals surface area contributed by atoms with Crippen LogP contribution in [0.15, 0.2) is 12.4 Å². The minimum atomic E-state index is 0.152. The average Bonchev–Trinajstić information content (AvgIpc) is 2.83. The molecule has 1 saturated carbocycles. The Morgan fingerprint density at radius 2 is 2.00 bits per heavy atom.